The highest BCUT2D eigenvalue weighted by Crippen LogP contribution is 2.28. The molecule has 142 valence electrons. The molecule has 3 rings (SSSR count). The lowest BCUT2D eigenvalue weighted by Gasteiger charge is -2.19. The normalized spacial score (nSPS) is 14.0. The Balaban J connectivity index is 1.65. The molecular formula is C21H26N4O2. The molecule has 27 heavy (non-hydrogen) atoms. The zero-order valence-corrected chi connectivity index (χ0v) is 15.5. The molecule has 0 saturated carbocycles. The molecular weight excluding hydrogens is 340 g/mol. The molecule has 0 aromatic heterocycles. The van der Waals surface area contributed by atoms with Crippen LogP contribution in [0.25, 0.3) is 0 Å². The first-order chi connectivity index (χ1) is 13.1. The number of hydrogen-bond donors (Lipinski definition) is 4. The van der Waals surface area contributed by atoms with Crippen LogP contribution in [0.3, 0.4) is 0 Å². The number of nitrogens with one attached hydrogen (secondary N) is 3. The van der Waals surface area contributed by atoms with Crippen molar-refractivity contribution < 1.29 is 9.59 Å². The van der Waals surface area contributed by atoms with Crippen molar-refractivity contribution in [1.29, 1.82) is 0 Å². The first-order valence-electron chi connectivity index (χ1n) is 9.42. The van der Waals surface area contributed by atoms with Gasteiger partial charge in [-0.3, -0.25) is 4.79 Å². The molecule has 2 aromatic rings. The Morgan fingerprint density at radius 2 is 1.70 bits per heavy atom. The lowest BCUT2D eigenvalue weighted by molar-refractivity contribution is -0.117. The third-order valence-electron chi connectivity index (χ3n) is 4.81. The largest absolute Gasteiger partial charge is 0.325 e. The van der Waals surface area contributed by atoms with Crippen LogP contribution in [0.5, 0.6) is 0 Å². The summed E-state index contributed by atoms with van der Waals surface area (Å²) in [4.78, 5) is 24.3. The number of rotatable bonds is 5. The van der Waals surface area contributed by atoms with E-state index >= 15 is 0 Å². The van der Waals surface area contributed by atoms with Gasteiger partial charge >= 0.3 is 6.03 Å². The third-order valence-corrected chi connectivity index (χ3v) is 4.81. The van der Waals surface area contributed by atoms with Gasteiger partial charge < -0.3 is 21.7 Å². The molecule has 6 nitrogen and oxygen atoms in total. The van der Waals surface area contributed by atoms with E-state index in [2.05, 4.69) is 22.0 Å². The van der Waals surface area contributed by atoms with Crippen LogP contribution in [-0.4, -0.2) is 18.0 Å². The van der Waals surface area contributed by atoms with E-state index in [9.17, 15) is 9.59 Å². The van der Waals surface area contributed by atoms with E-state index in [1.807, 2.05) is 19.1 Å². The van der Waals surface area contributed by atoms with Gasteiger partial charge in [0.2, 0.25) is 5.91 Å². The predicted molar refractivity (Wildman–Crippen MR) is 109 cm³/mol. The molecule has 2 aromatic carbocycles. The number of carbonyl (C=O) groups excluding carboxylic acids is 2. The number of fused-ring (bicyclic) bond motifs is 1. The number of anilines is 3. The van der Waals surface area contributed by atoms with Crippen LogP contribution in [0.2, 0.25) is 0 Å². The summed E-state index contributed by atoms with van der Waals surface area (Å²) >= 11 is 0. The second-order valence-corrected chi connectivity index (χ2v) is 6.81. The Morgan fingerprint density at radius 1 is 1.00 bits per heavy atom. The van der Waals surface area contributed by atoms with E-state index in [-0.39, 0.29) is 11.9 Å². The molecule has 0 saturated heterocycles. The summed E-state index contributed by atoms with van der Waals surface area (Å²) in [7, 11) is 0. The summed E-state index contributed by atoms with van der Waals surface area (Å²) in [6, 6.07) is 12.2. The van der Waals surface area contributed by atoms with Crippen LogP contribution >= 0.6 is 0 Å². The molecule has 0 bridgehead atoms. The smallest absolute Gasteiger partial charge is 0.323 e. The number of amides is 3. The molecule has 0 aliphatic heterocycles. The summed E-state index contributed by atoms with van der Waals surface area (Å²) in [6.07, 6.45) is 4.96. The molecule has 5 N–H and O–H groups in total. The predicted octanol–water partition coefficient (Wildman–Crippen LogP) is 3.89. The van der Waals surface area contributed by atoms with Gasteiger partial charge in [0.1, 0.15) is 0 Å². The zero-order chi connectivity index (χ0) is 19.2. The number of carbonyl (C=O) groups is 2. The average molecular weight is 366 g/mol. The summed E-state index contributed by atoms with van der Waals surface area (Å²) < 4.78 is 0. The molecule has 1 atom stereocenters. The minimum atomic E-state index is -0.547. The zero-order valence-electron chi connectivity index (χ0n) is 15.5. The first kappa shape index (κ1) is 18.9. The SMILES string of the molecule is CC[C@H](N)C(=O)Nc1cccc(NC(=O)Nc2cccc3c2CCCC3)c1. The maximum Gasteiger partial charge on any atom is 0.323 e. The van der Waals surface area contributed by atoms with Gasteiger partial charge in [0.15, 0.2) is 0 Å². The molecule has 6 heteroatoms. The summed E-state index contributed by atoms with van der Waals surface area (Å²) in [5, 5.41) is 8.53. The van der Waals surface area contributed by atoms with E-state index in [1.165, 1.54) is 17.5 Å². The molecule has 1 aliphatic rings. The third kappa shape index (κ3) is 4.86. The molecule has 0 radical (unpaired) electrons. The van der Waals surface area contributed by atoms with Gasteiger partial charge in [-0.25, -0.2) is 4.79 Å². The Labute approximate surface area is 159 Å². The lowest BCUT2D eigenvalue weighted by Crippen LogP contribution is -2.34. The highest BCUT2D eigenvalue weighted by molar-refractivity contribution is 6.01. The standard InChI is InChI=1S/C21H26N4O2/c1-2-18(22)20(26)23-15-9-6-10-16(13-15)24-21(27)25-19-12-5-8-14-7-3-4-11-17(14)19/h5-6,8-10,12-13,18H,2-4,7,11,22H2,1H3,(H,23,26)(H2,24,25,27)/t18-/m0/s1. The number of hydrogen-bond acceptors (Lipinski definition) is 3. The fourth-order valence-electron chi connectivity index (χ4n) is 3.28. The lowest BCUT2D eigenvalue weighted by atomic mass is 9.90. The summed E-state index contributed by atoms with van der Waals surface area (Å²) in [6.45, 7) is 1.86. The maximum absolute atomic E-state index is 12.4. The van der Waals surface area contributed by atoms with Crippen molar-refractivity contribution in [1.82, 2.24) is 0 Å². The van der Waals surface area contributed by atoms with Crippen LogP contribution in [-0.2, 0) is 17.6 Å². The molecule has 0 heterocycles. The monoisotopic (exact) mass is 366 g/mol. The van der Waals surface area contributed by atoms with Gasteiger partial charge in [-0.2, -0.15) is 0 Å². The summed E-state index contributed by atoms with van der Waals surface area (Å²) in [5.74, 6) is -0.241. The van der Waals surface area contributed by atoms with Crippen LogP contribution in [0.1, 0.15) is 37.3 Å². The van der Waals surface area contributed by atoms with E-state index in [0.717, 1.165) is 24.9 Å². The number of benzene rings is 2. The van der Waals surface area contributed by atoms with Crippen molar-refractivity contribution in [2.75, 3.05) is 16.0 Å². The van der Waals surface area contributed by atoms with Gasteiger partial charge in [-0.15, -0.1) is 0 Å². The van der Waals surface area contributed by atoms with Gasteiger partial charge in [0, 0.05) is 17.1 Å². The molecule has 1 aliphatic carbocycles. The van der Waals surface area contributed by atoms with Gasteiger partial charge in [-0.05, 0) is 67.5 Å². The average Bonchev–Trinajstić information content (AvgIpc) is 2.67. The van der Waals surface area contributed by atoms with E-state index in [4.69, 9.17) is 5.73 Å². The molecule has 0 fully saturated rings. The maximum atomic E-state index is 12.4. The van der Waals surface area contributed by atoms with Crippen LogP contribution < -0.4 is 21.7 Å². The molecule has 3 amide bonds. The summed E-state index contributed by atoms with van der Waals surface area (Å²) in [5.41, 5.74) is 10.3. The van der Waals surface area contributed by atoms with Crippen molar-refractivity contribution in [2.45, 2.75) is 45.1 Å². The minimum absolute atomic E-state index is 0.241. The Kier molecular flexibility index (Phi) is 6.08. The van der Waals surface area contributed by atoms with Crippen LogP contribution in [0.15, 0.2) is 42.5 Å². The van der Waals surface area contributed by atoms with Crippen molar-refractivity contribution >= 4 is 29.0 Å². The number of nitrogens with two attached hydrogens (primary N) is 1. The first-order valence-corrected chi connectivity index (χ1v) is 9.42. The highest BCUT2D eigenvalue weighted by atomic mass is 16.2. The van der Waals surface area contributed by atoms with Gasteiger partial charge in [0.25, 0.3) is 0 Å². The van der Waals surface area contributed by atoms with Crippen LogP contribution in [0.4, 0.5) is 21.9 Å². The van der Waals surface area contributed by atoms with Crippen LogP contribution in [0, 0.1) is 0 Å². The van der Waals surface area contributed by atoms with Crippen molar-refractivity contribution in [3.05, 3.63) is 53.6 Å². The fraction of sp³-hybridized carbons (Fsp3) is 0.333. The topological polar surface area (TPSA) is 96.2 Å². The number of urea groups is 1. The number of aryl methyl sites for hydroxylation is 1. The minimum Gasteiger partial charge on any atom is -0.325 e. The second kappa shape index (κ2) is 8.68. The molecule has 0 spiro atoms. The van der Waals surface area contributed by atoms with E-state index < -0.39 is 6.04 Å². The van der Waals surface area contributed by atoms with Crippen molar-refractivity contribution in [2.24, 2.45) is 5.73 Å². The van der Waals surface area contributed by atoms with Crippen molar-refractivity contribution in [3.63, 3.8) is 0 Å². The Morgan fingerprint density at radius 3 is 2.48 bits per heavy atom. The van der Waals surface area contributed by atoms with Gasteiger partial charge in [0.05, 0.1) is 6.04 Å². The van der Waals surface area contributed by atoms with Crippen molar-refractivity contribution in [3.8, 4) is 0 Å². The van der Waals surface area contributed by atoms with Gasteiger partial charge in [-0.1, -0.05) is 25.1 Å². The van der Waals surface area contributed by atoms with E-state index in [0.29, 0.717) is 17.8 Å². The quantitative estimate of drug-likeness (QED) is 0.646. The second-order valence-electron chi connectivity index (χ2n) is 6.81. The molecule has 0 unspecified atom stereocenters. The van der Waals surface area contributed by atoms with E-state index in [1.54, 1.807) is 24.3 Å². The Bertz CT molecular complexity index is 835. The fourth-order valence-corrected chi connectivity index (χ4v) is 3.28. The highest BCUT2D eigenvalue weighted by Gasteiger charge is 2.15. The Hall–Kier alpha value is -2.86.